The monoisotopic (exact) mass is 606 g/mol. The molecule has 4 heterocycles. The molecule has 222 valence electrons. The molecule has 44 heavy (non-hydrogen) atoms. The number of nitriles is 1. The second-order valence-corrected chi connectivity index (χ2v) is 12.5. The first-order valence-corrected chi connectivity index (χ1v) is 15.7. The molecular formula is C33H30N6O4S. The average Bonchev–Trinajstić information content (AvgIpc) is 3.80. The number of allylic oxidation sites excluding steroid dienone is 1. The summed E-state index contributed by atoms with van der Waals surface area (Å²) in [6.45, 7) is 0.899. The number of pyridine rings is 1. The van der Waals surface area contributed by atoms with E-state index in [0.717, 1.165) is 37.0 Å². The number of carbonyl (C=O) groups excluding carboxylic acids is 3. The molecule has 0 spiro atoms. The average molecular weight is 607 g/mol. The Morgan fingerprint density at radius 1 is 1.07 bits per heavy atom. The van der Waals surface area contributed by atoms with Gasteiger partial charge >= 0.3 is 6.03 Å². The number of nitrogens with one attached hydrogen (secondary N) is 2. The highest BCUT2D eigenvalue weighted by atomic mass is 32.2. The van der Waals surface area contributed by atoms with E-state index >= 15 is 0 Å². The van der Waals surface area contributed by atoms with Crippen molar-refractivity contribution in [3.8, 4) is 17.6 Å². The maximum Gasteiger partial charge on any atom is 0.327 e. The van der Waals surface area contributed by atoms with E-state index in [2.05, 4.69) is 21.7 Å². The molecule has 2 aromatic carbocycles. The van der Waals surface area contributed by atoms with Gasteiger partial charge in [-0.15, -0.1) is 0 Å². The SMILES string of the molecule is N#C/C(=C\C1CC1)C(=O)N1CCCC(NC(=O)[C@@H]2Sc3nccc4c3C2NC(=O)N4c2ccc(Oc3ccccc3)cc2)C1. The predicted octanol–water partition coefficient (Wildman–Crippen LogP) is 5.22. The lowest BCUT2D eigenvalue weighted by Gasteiger charge is -2.35. The van der Waals surface area contributed by atoms with Crippen LogP contribution in [0.15, 0.2) is 83.5 Å². The first kappa shape index (κ1) is 28.0. The van der Waals surface area contributed by atoms with Crippen molar-refractivity contribution in [2.24, 2.45) is 5.92 Å². The molecule has 2 unspecified atom stereocenters. The smallest absolute Gasteiger partial charge is 0.327 e. The van der Waals surface area contributed by atoms with Gasteiger partial charge in [-0.2, -0.15) is 5.26 Å². The summed E-state index contributed by atoms with van der Waals surface area (Å²) in [4.78, 5) is 48.0. The number of piperidine rings is 1. The molecule has 10 nitrogen and oxygen atoms in total. The molecule has 1 aliphatic carbocycles. The summed E-state index contributed by atoms with van der Waals surface area (Å²) >= 11 is 1.33. The highest BCUT2D eigenvalue weighted by Crippen LogP contribution is 2.50. The largest absolute Gasteiger partial charge is 0.457 e. The molecule has 1 aromatic heterocycles. The fourth-order valence-corrected chi connectivity index (χ4v) is 7.19. The van der Waals surface area contributed by atoms with Gasteiger partial charge in [-0.1, -0.05) is 36.0 Å². The Hall–Kier alpha value is -4.82. The summed E-state index contributed by atoms with van der Waals surface area (Å²) in [6.07, 6.45) is 6.92. The molecule has 11 heteroatoms. The Morgan fingerprint density at radius 2 is 1.84 bits per heavy atom. The first-order valence-electron chi connectivity index (χ1n) is 14.8. The Kier molecular flexibility index (Phi) is 7.44. The zero-order valence-corrected chi connectivity index (χ0v) is 24.6. The summed E-state index contributed by atoms with van der Waals surface area (Å²) in [7, 11) is 0. The van der Waals surface area contributed by atoms with E-state index < -0.39 is 11.3 Å². The highest BCUT2D eigenvalue weighted by molar-refractivity contribution is 8.01. The van der Waals surface area contributed by atoms with E-state index in [-0.39, 0.29) is 29.5 Å². The predicted molar refractivity (Wildman–Crippen MR) is 164 cm³/mol. The van der Waals surface area contributed by atoms with Crippen LogP contribution < -0.4 is 20.3 Å². The maximum absolute atomic E-state index is 13.6. The molecule has 4 amide bonds. The molecule has 0 radical (unpaired) electrons. The third-order valence-electron chi connectivity index (χ3n) is 8.27. The van der Waals surface area contributed by atoms with Gasteiger partial charge in [0.05, 0.1) is 17.4 Å². The van der Waals surface area contributed by atoms with Crippen LogP contribution in [0.5, 0.6) is 11.5 Å². The molecule has 1 saturated heterocycles. The van der Waals surface area contributed by atoms with E-state index in [0.29, 0.717) is 41.2 Å². The van der Waals surface area contributed by atoms with Crippen molar-refractivity contribution >= 4 is 41.0 Å². The molecule has 7 rings (SSSR count). The number of ether oxygens (including phenoxy) is 1. The number of hydrogen-bond donors (Lipinski definition) is 2. The zero-order chi connectivity index (χ0) is 30.2. The number of amides is 4. The molecule has 4 aliphatic rings. The number of para-hydroxylation sites is 1. The summed E-state index contributed by atoms with van der Waals surface area (Å²) in [5.74, 6) is 1.20. The van der Waals surface area contributed by atoms with Crippen LogP contribution in [0.2, 0.25) is 0 Å². The fourth-order valence-electron chi connectivity index (χ4n) is 5.96. The fraction of sp³-hybridized carbons (Fsp3) is 0.303. The minimum Gasteiger partial charge on any atom is -0.457 e. The summed E-state index contributed by atoms with van der Waals surface area (Å²) in [5, 5.41) is 15.8. The van der Waals surface area contributed by atoms with Gasteiger partial charge in [0.15, 0.2) is 0 Å². The maximum atomic E-state index is 13.6. The van der Waals surface area contributed by atoms with E-state index in [1.165, 1.54) is 11.8 Å². The molecule has 1 saturated carbocycles. The van der Waals surface area contributed by atoms with Gasteiger partial charge < -0.3 is 20.3 Å². The molecule has 0 bridgehead atoms. The molecule has 3 atom stereocenters. The third kappa shape index (κ3) is 5.49. The molecule has 3 aliphatic heterocycles. The number of anilines is 2. The van der Waals surface area contributed by atoms with Gasteiger partial charge in [0.1, 0.15) is 33.4 Å². The van der Waals surface area contributed by atoms with Crippen LogP contribution in [0.3, 0.4) is 0 Å². The number of rotatable bonds is 7. The lowest BCUT2D eigenvalue weighted by atomic mass is 9.99. The van der Waals surface area contributed by atoms with Crippen LogP contribution in [0, 0.1) is 17.2 Å². The van der Waals surface area contributed by atoms with Crippen molar-refractivity contribution in [3.63, 3.8) is 0 Å². The lowest BCUT2D eigenvalue weighted by Crippen LogP contribution is -2.53. The van der Waals surface area contributed by atoms with Crippen LogP contribution >= 0.6 is 11.8 Å². The van der Waals surface area contributed by atoms with E-state index in [1.807, 2.05) is 54.6 Å². The first-order chi connectivity index (χ1) is 21.5. The van der Waals surface area contributed by atoms with Crippen LogP contribution in [0.4, 0.5) is 16.2 Å². The summed E-state index contributed by atoms with van der Waals surface area (Å²) < 4.78 is 5.90. The number of urea groups is 1. The van der Waals surface area contributed by atoms with E-state index in [4.69, 9.17) is 4.74 Å². The number of nitrogens with zero attached hydrogens (tertiary/aromatic N) is 4. The minimum atomic E-state index is -0.609. The van der Waals surface area contributed by atoms with Gasteiger partial charge in [0.25, 0.3) is 5.91 Å². The van der Waals surface area contributed by atoms with Crippen molar-refractivity contribution in [3.05, 3.63) is 84.1 Å². The quantitative estimate of drug-likeness (QED) is 0.279. The summed E-state index contributed by atoms with van der Waals surface area (Å²) in [5.41, 5.74) is 2.34. The van der Waals surface area contributed by atoms with Crippen molar-refractivity contribution in [2.75, 3.05) is 18.0 Å². The van der Waals surface area contributed by atoms with Gasteiger partial charge in [-0.3, -0.25) is 14.5 Å². The van der Waals surface area contributed by atoms with Crippen molar-refractivity contribution < 1.29 is 19.1 Å². The van der Waals surface area contributed by atoms with Crippen molar-refractivity contribution in [2.45, 2.75) is 48.0 Å². The minimum absolute atomic E-state index is 0.188. The molecule has 2 N–H and O–H groups in total. The van der Waals surface area contributed by atoms with Gasteiger partial charge in [0, 0.05) is 30.9 Å². The Labute approximate surface area is 259 Å². The Balaban J connectivity index is 1.05. The summed E-state index contributed by atoms with van der Waals surface area (Å²) in [6, 6.07) is 19.5. The number of benzene rings is 2. The normalized spacial score (nSPS) is 22.5. The second-order valence-electron chi connectivity index (χ2n) is 11.4. The Morgan fingerprint density at radius 3 is 2.59 bits per heavy atom. The van der Waals surface area contributed by atoms with Gasteiger partial charge in [-0.05, 0) is 74.1 Å². The van der Waals surface area contributed by atoms with Gasteiger partial charge in [0.2, 0.25) is 5.91 Å². The zero-order valence-electron chi connectivity index (χ0n) is 23.8. The molecule has 2 fully saturated rings. The number of hydrogen-bond acceptors (Lipinski definition) is 7. The topological polar surface area (TPSA) is 128 Å². The third-order valence-corrected chi connectivity index (χ3v) is 9.56. The number of carbonyl (C=O) groups is 3. The number of thioether (sulfide) groups is 1. The highest BCUT2D eigenvalue weighted by Gasteiger charge is 2.47. The molecular weight excluding hydrogens is 576 g/mol. The van der Waals surface area contributed by atoms with E-state index in [1.54, 1.807) is 28.1 Å². The van der Waals surface area contributed by atoms with Crippen LogP contribution in [-0.2, 0) is 9.59 Å². The second kappa shape index (κ2) is 11.7. The van der Waals surface area contributed by atoms with Crippen LogP contribution in [-0.4, -0.2) is 52.1 Å². The van der Waals surface area contributed by atoms with Crippen LogP contribution in [0.1, 0.15) is 37.3 Å². The van der Waals surface area contributed by atoms with Crippen molar-refractivity contribution in [1.29, 1.82) is 5.26 Å². The van der Waals surface area contributed by atoms with Crippen LogP contribution in [0.25, 0.3) is 0 Å². The Bertz CT molecular complexity index is 1680. The van der Waals surface area contributed by atoms with Crippen molar-refractivity contribution in [1.82, 2.24) is 20.5 Å². The lowest BCUT2D eigenvalue weighted by molar-refractivity contribution is -0.129. The standard InChI is InChI=1S/C33H30N6O4S/c34-18-21(17-20-8-9-20)32(41)38-16-4-5-22(19-38)36-30(40)29-28-27-26(14-15-35-31(27)44-29)39(33(42)37-28)23-10-12-25(13-11-23)43-24-6-2-1-3-7-24/h1-3,6-7,10-15,17,20,22,28-29H,4-5,8-9,16,19H2,(H,36,40)(H,37,42)/b21-17+/t22?,28?,29-/m1/s1. The molecule has 3 aromatic rings. The van der Waals surface area contributed by atoms with E-state index in [9.17, 15) is 19.6 Å². The number of aromatic nitrogens is 1. The number of likely N-dealkylation sites (tertiary alicyclic amines) is 1. The van der Waals surface area contributed by atoms with Gasteiger partial charge in [-0.25, -0.2) is 9.78 Å².